The molecule has 3 rings (SSSR count). The van der Waals surface area contributed by atoms with Gasteiger partial charge in [-0.3, -0.25) is 24.9 Å². The number of benzene rings is 2. The van der Waals surface area contributed by atoms with Gasteiger partial charge in [-0.15, -0.1) is 0 Å². The fraction of sp³-hybridized carbons (Fsp3) is 0.273. The molecule has 9 heteroatoms. The summed E-state index contributed by atoms with van der Waals surface area (Å²) in [4.78, 5) is 24.7. The quantitative estimate of drug-likeness (QED) is 0.399. The Morgan fingerprint density at radius 3 is 2.68 bits per heavy atom. The highest BCUT2D eigenvalue weighted by atomic mass is 19.1. The number of likely N-dealkylation sites (N-methyl/N-ethyl adjacent to an activating group) is 1. The number of aromatic amines is 1. The van der Waals surface area contributed by atoms with E-state index >= 15 is 0 Å². The van der Waals surface area contributed by atoms with Crippen LogP contribution in [0, 0.1) is 22.9 Å². The second-order valence-corrected chi connectivity index (χ2v) is 7.43. The molecule has 0 aliphatic rings. The lowest BCUT2D eigenvalue weighted by molar-refractivity contribution is -0.385. The van der Waals surface area contributed by atoms with Gasteiger partial charge in [-0.1, -0.05) is 6.07 Å². The molecular formula is C22H24FN5O3. The van der Waals surface area contributed by atoms with Crippen molar-refractivity contribution in [3.05, 3.63) is 75.7 Å². The van der Waals surface area contributed by atoms with Crippen LogP contribution in [-0.2, 0) is 11.2 Å². The van der Waals surface area contributed by atoms with Gasteiger partial charge in [-0.2, -0.15) is 5.10 Å². The molecule has 0 bridgehead atoms. The third-order valence-electron chi connectivity index (χ3n) is 4.86. The molecule has 1 aromatic heterocycles. The van der Waals surface area contributed by atoms with Gasteiger partial charge < -0.3 is 5.32 Å². The number of nitrogens with one attached hydrogen (secondary N) is 2. The number of halogens is 1. The van der Waals surface area contributed by atoms with Crippen LogP contribution in [0.5, 0.6) is 0 Å². The summed E-state index contributed by atoms with van der Waals surface area (Å²) in [6.07, 6.45) is 1.56. The first-order valence-electron chi connectivity index (χ1n) is 9.85. The first kappa shape index (κ1) is 22.1. The molecule has 0 saturated carbocycles. The lowest BCUT2D eigenvalue weighted by atomic mass is 10.1. The summed E-state index contributed by atoms with van der Waals surface area (Å²) < 4.78 is 13.0. The molecule has 0 aliphatic heterocycles. The van der Waals surface area contributed by atoms with E-state index in [9.17, 15) is 19.3 Å². The van der Waals surface area contributed by atoms with Crippen molar-refractivity contribution in [3.8, 4) is 11.3 Å². The van der Waals surface area contributed by atoms with Gasteiger partial charge in [0.1, 0.15) is 5.82 Å². The fourth-order valence-electron chi connectivity index (χ4n) is 3.21. The van der Waals surface area contributed by atoms with E-state index in [1.165, 1.54) is 18.2 Å². The van der Waals surface area contributed by atoms with E-state index in [4.69, 9.17) is 0 Å². The molecule has 31 heavy (non-hydrogen) atoms. The third-order valence-corrected chi connectivity index (χ3v) is 4.86. The van der Waals surface area contributed by atoms with E-state index in [0.717, 1.165) is 29.8 Å². The predicted molar refractivity (Wildman–Crippen MR) is 116 cm³/mol. The highest BCUT2D eigenvalue weighted by Crippen LogP contribution is 2.22. The van der Waals surface area contributed by atoms with Crippen molar-refractivity contribution in [1.29, 1.82) is 0 Å². The summed E-state index contributed by atoms with van der Waals surface area (Å²) in [5, 5.41) is 21.0. The van der Waals surface area contributed by atoms with Crippen LogP contribution >= 0.6 is 0 Å². The van der Waals surface area contributed by atoms with Gasteiger partial charge in [-0.25, -0.2) is 4.39 Å². The lowest BCUT2D eigenvalue weighted by Crippen LogP contribution is -2.31. The van der Waals surface area contributed by atoms with Gasteiger partial charge in [0, 0.05) is 28.6 Å². The van der Waals surface area contributed by atoms with Gasteiger partial charge in [-0.05, 0) is 69.8 Å². The van der Waals surface area contributed by atoms with Gasteiger partial charge in [0.05, 0.1) is 17.2 Å². The Hall–Kier alpha value is -3.59. The molecule has 2 aromatic carbocycles. The van der Waals surface area contributed by atoms with Crippen molar-refractivity contribution in [2.75, 3.05) is 25.5 Å². The first-order valence-corrected chi connectivity index (χ1v) is 9.85. The highest BCUT2D eigenvalue weighted by Gasteiger charge is 2.13. The number of amides is 1. The molecule has 1 amide bonds. The number of anilines is 1. The highest BCUT2D eigenvalue weighted by molar-refractivity contribution is 5.92. The van der Waals surface area contributed by atoms with E-state index in [1.807, 2.05) is 18.0 Å². The number of hydrogen-bond donors (Lipinski definition) is 2. The summed E-state index contributed by atoms with van der Waals surface area (Å²) in [5.41, 5.74) is 3.49. The standard InChI is InChI=1S/C22H24FN5O3/c1-15-5-10-18(13-21(15)28(30)31)24-22(29)14-27(2)11-3-4-19-12-20(26-25-19)16-6-8-17(23)9-7-16/h5-10,12-13H,3-4,11,14H2,1-2H3,(H,24,29)(H,25,26). The maximum Gasteiger partial charge on any atom is 0.274 e. The van der Waals surface area contributed by atoms with Gasteiger partial charge in [0.15, 0.2) is 0 Å². The number of hydrogen-bond acceptors (Lipinski definition) is 5. The van der Waals surface area contributed by atoms with E-state index in [-0.39, 0.29) is 24.0 Å². The normalized spacial score (nSPS) is 11.0. The Balaban J connectivity index is 1.44. The van der Waals surface area contributed by atoms with Crippen LogP contribution in [0.4, 0.5) is 15.8 Å². The van der Waals surface area contributed by atoms with Crippen molar-refractivity contribution in [2.45, 2.75) is 19.8 Å². The molecule has 0 fully saturated rings. The Labute approximate surface area is 179 Å². The zero-order valence-electron chi connectivity index (χ0n) is 17.4. The monoisotopic (exact) mass is 425 g/mol. The van der Waals surface area contributed by atoms with Crippen molar-refractivity contribution < 1.29 is 14.1 Å². The second kappa shape index (κ2) is 9.94. The van der Waals surface area contributed by atoms with Crippen LogP contribution in [0.1, 0.15) is 17.7 Å². The van der Waals surface area contributed by atoms with E-state index in [1.54, 1.807) is 31.2 Å². The average Bonchev–Trinajstić information content (AvgIpc) is 3.18. The van der Waals surface area contributed by atoms with E-state index in [0.29, 0.717) is 17.8 Å². The van der Waals surface area contributed by atoms with Crippen LogP contribution in [-0.4, -0.2) is 46.1 Å². The van der Waals surface area contributed by atoms with Gasteiger partial charge in [0.2, 0.25) is 5.91 Å². The Bertz CT molecular complexity index is 1070. The predicted octanol–water partition coefficient (Wildman–Crippen LogP) is 3.94. The van der Waals surface area contributed by atoms with Crippen LogP contribution in [0.3, 0.4) is 0 Å². The number of aryl methyl sites for hydroxylation is 2. The maximum absolute atomic E-state index is 13.0. The Morgan fingerprint density at radius 2 is 1.97 bits per heavy atom. The van der Waals surface area contributed by atoms with Crippen LogP contribution < -0.4 is 5.32 Å². The van der Waals surface area contributed by atoms with Crippen molar-refractivity contribution in [1.82, 2.24) is 15.1 Å². The summed E-state index contributed by atoms with van der Waals surface area (Å²) >= 11 is 0. The summed E-state index contributed by atoms with van der Waals surface area (Å²) in [6.45, 7) is 2.51. The van der Waals surface area contributed by atoms with Crippen molar-refractivity contribution in [3.63, 3.8) is 0 Å². The molecule has 0 saturated heterocycles. The van der Waals surface area contributed by atoms with Gasteiger partial charge >= 0.3 is 0 Å². The SMILES string of the molecule is Cc1ccc(NC(=O)CN(C)CCCc2cc(-c3ccc(F)cc3)n[nH]2)cc1[N+](=O)[O-]. The molecule has 0 unspecified atom stereocenters. The van der Waals surface area contributed by atoms with Crippen molar-refractivity contribution >= 4 is 17.3 Å². The largest absolute Gasteiger partial charge is 0.325 e. The minimum atomic E-state index is -0.464. The zero-order valence-corrected chi connectivity index (χ0v) is 17.4. The second-order valence-electron chi connectivity index (χ2n) is 7.43. The smallest absolute Gasteiger partial charge is 0.274 e. The molecule has 0 spiro atoms. The number of carbonyl (C=O) groups is 1. The van der Waals surface area contributed by atoms with Crippen LogP contribution in [0.2, 0.25) is 0 Å². The minimum absolute atomic E-state index is 0.0225. The molecule has 8 nitrogen and oxygen atoms in total. The zero-order chi connectivity index (χ0) is 22.4. The Morgan fingerprint density at radius 1 is 1.23 bits per heavy atom. The molecule has 1 heterocycles. The number of nitro benzene ring substituents is 1. The number of nitro groups is 1. The number of rotatable bonds is 9. The molecule has 2 N–H and O–H groups in total. The van der Waals surface area contributed by atoms with Gasteiger partial charge in [0.25, 0.3) is 5.69 Å². The van der Waals surface area contributed by atoms with Crippen LogP contribution in [0.15, 0.2) is 48.5 Å². The molecule has 0 atom stereocenters. The van der Waals surface area contributed by atoms with Crippen LogP contribution in [0.25, 0.3) is 11.3 Å². The fourth-order valence-corrected chi connectivity index (χ4v) is 3.21. The summed E-state index contributed by atoms with van der Waals surface area (Å²) in [5.74, 6) is -0.520. The lowest BCUT2D eigenvalue weighted by Gasteiger charge is -2.16. The molecule has 0 radical (unpaired) electrons. The maximum atomic E-state index is 13.0. The topological polar surface area (TPSA) is 104 Å². The van der Waals surface area contributed by atoms with E-state index in [2.05, 4.69) is 15.5 Å². The summed E-state index contributed by atoms with van der Waals surface area (Å²) in [6, 6.07) is 12.7. The molecule has 0 aliphatic carbocycles. The Kier molecular flexibility index (Phi) is 7.09. The minimum Gasteiger partial charge on any atom is -0.325 e. The number of carbonyl (C=O) groups excluding carboxylic acids is 1. The number of H-pyrrole nitrogens is 1. The number of nitrogens with zero attached hydrogens (tertiary/aromatic N) is 3. The average molecular weight is 425 g/mol. The number of aromatic nitrogens is 2. The molecule has 3 aromatic rings. The molecule has 162 valence electrons. The summed E-state index contributed by atoms with van der Waals surface area (Å²) in [7, 11) is 1.84. The van der Waals surface area contributed by atoms with E-state index < -0.39 is 4.92 Å². The third kappa shape index (κ3) is 6.19. The van der Waals surface area contributed by atoms with Crippen molar-refractivity contribution in [2.24, 2.45) is 0 Å². The molecular weight excluding hydrogens is 401 g/mol. The first-order chi connectivity index (χ1) is 14.8.